The summed E-state index contributed by atoms with van der Waals surface area (Å²) in [5, 5.41) is 2.76. The molecule has 2 aromatic rings. The number of nitrogens with one attached hydrogen (secondary N) is 1. The number of aromatic nitrogens is 1. The Morgan fingerprint density at radius 2 is 1.88 bits per heavy atom. The van der Waals surface area contributed by atoms with Crippen molar-refractivity contribution in [1.29, 1.82) is 0 Å². The van der Waals surface area contributed by atoms with Gasteiger partial charge in [0, 0.05) is 36.9 Å². The summed E-state index contributed by atoms with van der Waals surface area (Å²) in [5.74, 6) is -0.0600. The molecule has 0 saturated heterocycles. The Morgan fingerprint density at radius 3 is 2.56 bits per heavy atom. The normalized spacial score (nSPS) is 9.81. The highest BCUT2D eigenvalue weighted by Crippen LogP contribution is 2.09. The van der Waals surface area contributed by atoms with Crippen LogP contribution in [0.4, 0.5) is 5.69 Å². The SMILES string of the molecule is CC(=O)Nc1cccc(-[n+]2ccccc2)c1. The minimum atomic E-state index is -0.0600. The highest BCUT2D eigenvalue weighted by Gasteiger charge is 2.05. The molecular formula is C13H13N2O+. The second kappa shape index (κ2) is 4.57. The summed E-state index contributed by atoms with van der Waals surface area (Å²) < 4.78 is 1.99. The highest BCUT2D eigenvalue weighted by atomic mass is 16.1. The monoisotopic (exact) mass is 213 g/mol. The molecule has 1 aromatic heterocycles. The second-order valence-electron chi connectivity index (χ2n) is 3.51. The highest BCUT2D eigenvalue weighted by molar-refractivity contribution is 5.88. The molecule has 3 nitrogen and oxygen atoms in total. The van der Waals surface area contributed by atoms with Crippen molar-refractivity contribution in [2.45, 2.75) is 6.92 Å². The lowest BCUT2D eigenvalue weighted by atomic mass is 10.2. The van der Waals surface area contributed by atoms with Crippen molar-refractivity contribution >= 4 is 11.6 Å². The zero-order valence-electron chi connectivity index (χ0n) is 9.05. The van der Waals surface area contributed by atoms with E-state index in [9.17, 15) is 4.79 Å². The van der Waals surface area contributed by atoms with E-state index < -0.39 is 0 Å². The lowest BCUT2D eigenvalue weighted by molar-refractivity contribution is -0.595. The van der Waals surface area contributed by atoms with E-state index in [1.807, 2.05) is 59.4 Å². The topological polar surface area (TPSA) is 33.0 Å². The third kappa shape index (κ3) is 2.45. The van der Waals surface area contributed by atoms with Gasteiger partial charge in [-0.25, -0.2) is 0 Å². The molecule has 1 heterocycles. The molecule has 1 N–H and O–H groups in total. The standard InChI is InChI=1S/C13H12N2O/c1-11(16)14-12-6-5-7-13(10-12)15-8-3-2-4-9-15/h2-10H,1H3/p+1. The number of carbonyl (C=O) groups is 1. The van der Waals surface area contributed by atoms with Crippen molar-refractivity contribution in [1.82, 2.24) is 0 Å². The fourth-order valence-corrected chi connectivity index (χ4v) is 1.52. The van der Waals surface area contributed by atoms with Gasteiger partial charge in [-0.05, 0) is 6.07 Å². The van der Waals surface area contributed by atoms with Crippen molar-refractivity contribution in [3.05, 3.63) is 54.9 Å². The first-order chi connectivity index (χ1) is 7.75. The predicted molar refractivity (Wildman–Crippen MR) is 62.3 cm³/mol. The summed E-state index contributed by atoms with van der Waals surface area (Å²) in [4.78, 5) is 10.9. The number of pyridine rings is 1. The molecule has 0 spiro atoms. The summed E-state index contributed by atoms with van der Waals surface area (Å²) in [6.45, 7) is 1.50. The Bertz CT molecular complexity index is 494. The Hall–Kier alpha value is -2.16. The first-order valence-electron chi connectivity index (χ1n) is 5.10. The summed E-state index contributed by atoms with van der Waals surface area (Å²) in [6.07, 6.45) is 3.93. The minimum absolute atomic E-state index is 0.0600. The van der Waals surface area contributed by atoms with E-state index in [-0.39, 0.29) is 5.91 Å². The number of hydrogen-bond donors (Lipinski definition) is 1. The fraction of sp³-hybridized carbons (Fsp3) is 0.0769. The molecule has 0 unspecified atom stereocenters. The third-order valence-corrected chi connectivity index (χ3v) is 2.18. The maximum absolute atomic E-state index is 10.9. The lowest BCUT2D eigenvalue weighted by Crippen LogP contribution is -2.28. The van der Waals surface area contributed by atoms with Crippen molar-refractivity contribution in [3.63, 3.8) is 0 Å². The molecular weight excluding hydrogens is 200 g/mol. The number of benzene rings is 1. The lowest BCUT2D eigenvalue weighted by Gasteiger charge is -2.01. The molecule has 16 heavy (non-hydrogen) atoms. The molecule has 0 atom stereocenters. The van der Waals surface area contributed by atoms with E-state index in [4.69, 9.17) is 0 Å². The van der Waals surface area contributed by atoms with E-state index in [1.54, 1.807) is 0 Å². The van der Waals surface area contributed by atoms with Gasteiger partial charge in [-0.15, -0.1) is 0 Å². The Kier molecular flexibility index (Phi) is 2.96. The second-order valence-corrected chi connectivity index (χ2v) is 3.51. The van der Waals surface area contributed by atoms with E-state index in [0.29, 0.717) is 0 Å². The van der Waals surface area contributed by atoms with Crippen LogP contribution in [0.2, 0.25) is 0 Å². The van der Waals surface area contributed by atoms with Crippen LogP contribution in [0.15, 0.2) is 54.9 Å². The molecule has 0 aliphatic rings. The van der Waals surface area contributed by atoms with E-state index in [0.717, 1.165) is 11.4 Å². The van der Waals surface area contributed by atoms with Gasteiger partial charge in [0.2, 0.25) is 11.6 Å². The summed E-state index contributed by atoms with van der Waals surface area (Å²) >= 11 is 0. The van der Waals surface area contributed by atoms with E-state index in [2.05, 4.69) is 5.32 Å². The summed E-state index contributed by atoms with van der Waals surface area (Å²) in [5.41, 5.74) is 1.83. The average Bonchev–Trinajstić information content (AvgIpc) is 2.30. The first-order valence-corrected chi connectivity index (χ1v) is 5.10. The van der Waals surface area contributed by atoms with Gasteiger partial charge >= 0.3 is 0 Å². The van der Waals surface area contributed by atoms with Crippen LogP contribution in [-0.4, -0.2) is 5.91 Å². The van der Waals surface area contributed by atoms with Crippen LogP contribution >= 0.6 is 0 Å². The van der Waals surface area contributed by atoms with Crippen LogP contribution in [0.1, 0.15) is 6.92 Å². The van der Waals surface area contributed by atoms with Gasteiger partial charge in [-0.3, -0.25) is 4.79 Å². The Labute approximate surface area is 94.4 Å². The van der Waals surface area contributed by atoms with Gasteiger partial charge in [-0.1, -0.05) is 12.1 Å². The van der Waals surface area contributed by atoms with Gasteiger partial charge in [-0.2, -0.15) is 4.57 Å². The number of rotatable bonds is 2. The van der Waals surface area contributed by atoms with Crippen LogP contribution in [0, 0.1) is 0 Å². The number of nitrogens with zero attached hydrogens (tertiary/aromatic N) is 1. The average molecular weight is 213 g/mol. The van der Waals surface area contributed by atoms with Crippen LogP contribution in [0.5, 0.6) is 0 Å². The summed E-state index contributed by atoms with van der Waals surface area (Å²) in [6, 6.07) is 13.6. The molecule has 0 aliphatic heterocycles. The number of hydrogen-bond acceptors (Lipinski definition) is 1. The minimum Gasteiger partial charge on any atom is -0.326 e. The van der Waals surface area contributed by atoms with Gasteiger partial charge in [0.25, 0.3) is 0 Å². The quantitative estimate of drug-likeness (QED) is 0.760. The van der Waals surface area contributed by atoms with Crippen LogP contribution in [-0.2, 0) is 4.79 Å². The molecule has 1 amide bonds. The van der Waals surface area contributed by atoms with Gasteiger partial charge in [0.15, 0.2) is 12.4 Å². The van der Waals surface area contributed by atoms with E-state index >= 15 is 0 Å². The predicted octanol–water partition coefficient (Wildman–Crippen LogP) is 1.92. The fourth-order valence-electron chi connectivity index (χ4n) is 1.52. The molecule has 0 bridgehead atoms. The van der Waals surface area contributed by atoms with Crippen LogP contribution < -0.4 is 9.88 Å². The van der Waals surface area contributed by atoms with Crippen molar-refractivity contribution in [2.24, 2.45) is 0 Å². The number of carbonyl (C=O) groups excluding carboxylic acids is 1. The maximum Gasteiger partial charge on any atom is 0.221 e. The first kappa shape index (κ1) is 10.4. The smallest absolute Gasteiger partial charge is 0.221 e. The zero-order valence-corrected chi connectivity index (χ0v) is 9.05. The molecule has 1 aromatic carbocycles. The molecule has 3 heteroatoms. The molecule has 80 valence electrons. The Morgan fingerprint density at radius 1 is 1.12 bits per heavy atom. The van der Waals surface area contributed by atoms with Gasteiger partial charge in [0.1, 0.15) is 0 Å². The number of amides is 1. The van der Waals surface area contributed by atoms with E-state index in [1.165, 1.54) is 6.92 Å². The number of anilines is 1. The molecule has 0 saturated carbocycles. The summed E-state index contributed by atoms with van der Waals surface area (Å²) in [7, 11) is 0. The van der Waals surface area contributed by atoms with Gasteiger partial charge < -0.3 is 5.32 Å². The maximum atomic E-state index is 10.9. The molecule has 0 fully saturated rings. The van der Waals surface area contributed by atoms with Gasteiger partial charge in [0.05, 0.1) is 0 Å². The van der Waals surface area contributed by atoms with Crippen molar-refractivity contribution in [2.75, 3.05) is 5.32 Å². The van der Waals surface area contributed by atoms with Crippen molar-refractivity contribution < 1.29 is 9.36 Å². The zero-order chi connectivity index (χ0) is 11.4. The van der Waals surface area contributed by atoms with Crippen LogP contribution in [0.25, 0.3) is 5.69 Å². The molecule has 2 rings (SSSR count). The third-order valence-electron chi connectivity index (χ3n) is 2.18. The largest absolute Gasteiger partial charge is 0.326 e. The van der Waals surface area contributed by atoms with Crippen molar-refractivity contribution in [3.8, 4) is 5.69 Å². The van der Waals surface area contributed by atoms with Crippen LogP contribution in [0.3, 0.4) is 0 Å². The molecule has 0 radical (unpaired) electrons. The Balaban J connectivity index is 2.33. The molecule has 0 aliphatic carbocycles.